The highest BCUT2D eigenvalue weighted by Gasteiger charge is 2.18. The van der Waals surface area contributed by atoms with Gasteiger partial charge in [0.25, 0.3) is 0 Å². The van der Waals surface area contributed by atoms with Gasteiger partial charge in [0.1, 0.15) is 0 Å². The molecule has 0 aliphatic heterocycles. The molecule has 15 heavy (non-hydrogen) atoms. The zero-order valence-electron chi connectivity index (χ0n) is 8.21. The van der Waals surface area contributed by atoms with Gasteiger partial charge in [-0.15, -0.1) is 0 Å². The summed E-state index contributed by atoms with van der Waals surface area (Å²) in [7, 11) is 3.02. The predicted octanol–water partition coefficient (Wildman–Crippen LogP) is 2.08. The molecule has 3 heteroatoms. The van der Waals surface area contributed by atoms with E-state index in [9.17, 15) is 4.57 Å². The second-order valence-corrected chi connectivity index (χ2v) is 5.68. The maximum absolute atomic E-state index is 12.4. The number of rotatable bonds is 2. The molecule has 0 aliphatic rings. The smallest absolute Gasteiger partial charge is 0.176 e. The van der Waals surface area contributed by atoms with E-state index in [0.29, 0.717) is 10.6 Å². The molecule has 2 aromatic carbocycles. The summed E-state index contributed by atoms with van der Waals surface area (Å²) in [5, 5.41) is 1.38. The number of hydrogen-bond acceptors (Lipinski definition) is 1. The lowest BCUT2D eigenvalue weighted by Gasteiger charge is -2.13. The third kappa shape index (κ3) is 2.05. The first-order chi connectivity index (χ1) is 7.21. The molecule has 0 bridgehead atoms. The highest BCUT2D eigenvalue weighted by atomic mass is 31.2. The van der Waals surface area contributed by atoms with Crippen molar-refractivity contribution in [3.8, 4) is 0 Å². The summed E-state index contributed by atoms with van der Waals surface area (Å²) in [6, 6.07) is 18.3. The fraction of sp³-hybridized carbons (Fsp3) is 0. The summed E-state index contributed by atoms with van der Waals surface area (Å²) in [6.45, 7) is 0. The molecule has 0 saturated carbocycles. The lowest BCUT2D eigenvalue weighted by molar-refractivity contribution is 0.595. The average Bonchev–Trinajstić information content (AvgIpc) is 2.31. The van der Waals surface area contributed by atoms with Gasteiger partial charge in [-0.3, -0.25) is 0 Å². The largest absolute Gasteiger partial charge is 0.326 e. The molecule has 0 saturated heterocycles. The second-order valence-electron chi connectivity index (χ2n) is 3.33. The summed E-state index contributed by atoms with van der Waals surface area (Å²) in [6.07, 6.45) is 0. The van der Waals surface area contributed by atoms with Crippen LogP contribution in [0.25, 0.3) is 0 Å². The van der Waals surface area contributed by atoms with E-state index in [4.69, 9.17) is 7.57 Å². The Morgan fingerprint density at radius 1 is 0.733 bits per heavy atom. The third-order valence-corrected chi connectivity index (χ3v) is 4.41. The summed E-state index contributed by atoms with van der Waals surface area (Å²) in [5.41, 5.74) is 0. The van der Waals surface area contributed by atoms with Gasteiger partial charge in [-0.25, -0.2) is 0 Å². The maximum atomic E-state index is 12.4. The average molecular weight is 212 g/mol. The highest BCUT2D eigenvalue weighted by molar-refractivity contribution is 7.99. The molecule has 0 N–H and O–H groups in total. The zero-order valence-corrected chi connectivity index (χ0v) is 9.10. The molecule has 72 valence electrons. The van der Waals surface area contributed by atoms with Gasteiger partial charge in [0, 0.05) is 10.6 Å². The summed E-state index contributed by atoms with van der Waals surface area (Å²) < 4.78 is 12.4. The number of hydrogen-bond donors (Lipinski definition) is 0. The normalized spacial score (nSPS) is 11.2. The van der Waals surface area contributed by atoms with E-state index in [0.717, 1.165) is 0 Å². The lowest BCUT2D eigenvalue weighted by Crippen LogP contribution is -2.15. The van der Waals surface area contributed by atoms with Gasteiger partial charge in [-0.2, -0.15) is 0 Å². The van der Waals surface area contributed by atoms with Gasteiger partial charge >= 0.3 is 0 Å². The lowest BCUT2D eigenvalue weighted by atomic mass is 10.4. The Morgan fingerprint density at radius 2 is 1.07 bits per heavy atom. The van der Waals surface area contributed by atoms with E-state index in [1.165, 1.54) is 0 Å². The topological polar surface area (TPSA) is 17.1 Å². The minimum Gasteiger partial charge on any atom is -0.326 e. The van der Waals surface area contributed by atoms with Gasteiger partial charge in [-0.1, -0.05) is 60.7 Å². The first-order valence-electron chi connectivity index (χ1n) is 4.71. The number of benzene rings is 2. The van der Waals surface area contributed by atoms with Crippen LogP contribution >= 0.6 is 7.02 Å². The molecule has 0 atom stereocenters. The van der Waals surface area contributed by atoms with E-state index in [2.05, 4.69) is 0 Å². The van der Waals surface area contributed by atoms with Gasteiger partial charge in [0.15, 0.2) is 7.57 Å². The molecule has 0 aromatic heterocycles. The third-order valence-electron chi connectivity index (χ3n) is 2.28. The van der Waals surface area contributed by atoms with Gasteiger partial charge in [-0.05, 0) is 0 Å². The van der Waals surface area contributed by atoms with Crippen LogP contribution in [0.15, 0.2) is 60.7 Å². The van der Waals surface area contributed by atoms with Crippen molar-refractivity contribution in [3.05, 3.63) is 60.7 Å². The fourth-order valence-electron chi connectivity index (χ4n) is 1.45. The summed E-state index contributed by atoms with van der Waals surface area (Å²) in [5.74, 6) is 0. The standard InChI is InChI=1S/C12H10BOP/c13-15(14,11-7-3-1-4-8-11)12-9-5-2-6-10-12/h1-10H. The van der Waals surface area contributed by atoms with Gasteiger partial charge < -0.3 is 4.57 Å². The van der Waals surface area contributed by atoms with Crippen molar-refractivity contribution in [3.63, 3.8) is 0 Å². The van der Waals surface area contributed by atoms with Crippen LogP contribution in [0.5, 0.6) is 0 Å². The first kappa shape index (κ1) is 10.3. The molecule has 2 rings (SSSR count). The quantitative estimate of drug-likeness (QED) is 0.550. The Kier molecular flexibility index (Phi) is 2.79. The van der Waals surface area contributed by atoms with E-state index >= 15 is 0 Å². The Morgan fingerprint density at radius 3 is 1.40 bits per heavy atom. The summed E-state index contributed by atoms with van der Waals surface area (Å²) in [4.78, 5) is 0. The van der Waals surface area contributed by atoms with E-state index in [-0.39, 0.29) is 0 Å². The molecule has 0 fully saturated rings. The van der Waals surface area contributed by atoms with Crippen LogP contribution in [0, 0.1) is 0 Å². The van der Waals surface area contributed by atoms with Crippen LogP contribution in [-0.2, 0) is 4.57 Å². The van der Waals surface area contributed by atoms with Crippen LogP contribution in [0.1, 0.15) is 0 Å². The van der Waals surface area contributed by atoms with Crippen molar-refractivity contribution in [2.75, 3.05) is 0 Å². The molecule has 0 heterocycles. The van der Waals surface area contributed by atoms with Crippen LogP contribution in [-0.4, -0.2) is 7.57 Å². The van der Waals surface area contributed by atoms with Crippen molar-refractivity contribution >= 4 is 25.2 Å². The monoisotopic (exact) mass is 212 g/mol. The molecule has 1 nitrogen and oxygen atoms in total. The maximum Gasteiger partial charge on any atom is 0.176 e. The van der Waals surface area contributed by atoms with Crippen LogP contribution < -0.4 is 10.6 Å². The van der Waals surface area contributed by atoms with Gasteiger partial charge in [0.2, 0.25) is 0 Å². The molecule has 2 aromatic rings. The van der Waals surface area contributed by atoms with Crippen molar-refractivity contribution in [2.24, 2.45) is 0 Å². The molecular formula is C12H10BOP. The Hall–Kier alpha value is -1.27. The van der Waals surface area contributed by atoms with E-state index in [1.54, 1.807) is 24.3 Å². The van der Waals surface area contributed by atoms with Crippen LogP contribution in [0.2, 0.25) is 0 Å². The van der Waals surface area contributed by atoms with E-state index < -0.39 is 7.02 Å². The Balaban J connectivity index is 2.50. The first-order valence-corrected chi connectivity index (χ1v) is 6.49. The van der Waals surface area contributed by atoms with Gasteiger partial charge in [0.05, 0.1) is 7.02 Å². The second kappa shape index (κ2) is 4.08. The van der Waals surface area contributed by atoms with Crippen molar-refractivity contribution in [1.82, 2.24) is 0 Å². The fourth-order valence-corrected chi connectivity index (χ4v) is 2.98. The molecule has 0 amide bonds. The van der Waals surface area contributed by atoms with E-state index in [1.807, 2.05) is 36.4 Å². The zero-order chi connectivity index (χ0) is 10.7. The Labute approximate surface area is 90.9 Å². The highest BCUT2D eigenvalue weighted by Crippen LogP contribution is 2.36. The predicted molar refractivity (Wildman–Crippen MR) is 65.5 cm³/mol. The summed E-state index contributed by atoms with van der Waals surface area (Å²) >= 11 is 0. The van der Waals surface area contributed by atoms with Crippen molar-refractivity contribution in [2.45, 2.75) is 0 Å². The SMILES string of the molecule is [B]P(=O)(c1ccccc1)c1ccccc1. The molecule has 0 aliphatic carbocycles. The van der Waals surface area contributed by atoms with Crippen molar-refractivity contribution in [1.29, 1.82) is 0 Å². The minimum absolute atomic E-state index is 0.691. The van der Waals surface area contributed by atoms with Crippen molar-refractivity contribution < 1.29 is 4.57 Å². The molecular weight excluding hydrogens is 202 g/mol. The molecule has 0 spiro atoms. The van der Waals surface area contributed by atoms with Crippen LogP contribution in [0.3, 0.4) is 0 Å². The minimum atomic E-state index is -2.90. The molecule has 0 unspecified atom stereocenters. The Bertz CT molecular complexity index is 438. The van der Waals surface area contributed by atoms with Crippen LogP contribution in [0.4, 0.5) is 0 Å². The molecule has 2 radical (unpaired) electrons.